The second-order valence-corrected chi connectivity index (χ2v) is 5.80. The molecule has 1 aromatic carbocycles. The molecule has 128 valence electrons. The highest BCUT2D eigenvalue weighted by molar-refractivity contribution is 6.08. The fourth-order valence-corrected chi connectivity index (χ4v) is 2.61. The number of aromatic nitrogens is 1. The lowest BCUT2D eigenvalue weighted by atomic mass is 10.1. The van der Waals surface area contributed by atoms with Crippen LogP contribution in [0.2, 0.25) is 0 Å². The number of hydrogen-bond donors (Lipinski definition) is 1. The summed E-state index contributed by atoms with van der Waals surface area (Å²) >= 11 is 0. The molecule has 0 fully saturated rings. The van der Waals surface area contributed by atoms with E-state index in [-0.39, 0.29) is 19.0 Å². The van der Waals surface area contributed by atoms with Crippen LogP contribution in [0.1, 0.15) is 50.2 Å². The maximum atomic E-state index is 12.6. The number of aromatic amines is 1. The maximum Gasteiger partial charge on any atom is 0.340 e. The molecule has 0 radical (unpaired) electrons. The lowest BCUT2D eigenvalue weighted by Gasteiger charge is -2.09. The van der Waals surface area contributed by atoms with E-state index in [9.17, 15) is 9.59 Å². The molecule has 0 aliphatic rings. The van der Waals surface area contributed by atoms with Gasteiger partial charge < -0.3 is 14.5 Å². The van der Waals surface area contributed by atoms with Crippen LogP contribution in [0.25, 0.3) is 0 Å². The molecule has 5 nitrogen and oxygen atoms in total. The minimum absolute atomic E-state index is 0.132. The smallest absolute Gasteiger partial charge is 0.340 e. The summed E-state index contributed by atoms with van der Waals surface area (Å²) in [5, 5.41) is 0. The third-order valence-corrected chi connectivity index (χ3v) is 3.98. The molecule has 0 amide bonds. The van der Waals surface area contributed by atoms with Gasteiger partial charge in [-0.15, -0.1) is 0 Å². The Morgan fingerprint density at radius 2 is 1.67 bits per heavy atom. The van der Waals surface area contributed by atoms with Gasteiger partial charge in [0.25, 0.3) is 0 Å². The second-order valence-electron chi connectivity index (χ2n) is 5.80. The van der Waals surface area contributed by atoms with Gasteiger partial charge in [-0.25, -0.2) is 4.79 Å². The highest BCUT2D eigenvalue weighted by Crippen LogP contribution is 2.21. The van der Waals surface area contributed by atoms with E-state index in [2.05, 4.69) is 4.98 Å². The van der Waals surface area contributed by atoms with Crippen LogP contribution in [0.5, 0.6) is 5.75 Å². The van der Waals surface area contributed by atoms with Crippen LogP contribution in [0.15, 0.2) is 18.2 Å². The first-order valence-corrected chi connectivity index (χ1v) is 7.94. The predicted molar refractivity (Wildman–Crippen MR) is 92.0 cm³/mol. The number of carbonyl (C=O) groups excluding carboxylic acids is 2. The van der Waals surface area contributed by atoms with Crippen LogP contribution >= 0.6 is 0 Å². The molecule has 0 saturated carbocycles. The van der Waals surface area contributed by atoms with Gasteiger partial charge in [0.05, 0.1) is 17.7 Å². The molecule has 0 aliphatic heterocycles. The van der Waals surface area contributed by atoms with Gasteiger partial charge >= 0.3 is 5.97 Å². The summed E-state index contributed by atoms with van der Waals surface area (Å²) in [6.07, 6.45) is 0. The molecule has 0 spiro atoms. The number of Topliss-reactive ketones (excluding diaryl/α,β-unsaturated/α-hetero) is 1. The van der Waals surface area contributed by atoms with E-state index in [4.69, 9.17) is 9.47 Å². The van der Waals surface area contributed by atoms with E-state index in [1.807, 2.05) is 32.0 Å². The normalized spacial score (nSPS) is 10.5. The largest absolute Gasteiger partial charge is 0.485 e. The van der Waals surface area contributed by atoms with Crippen molar-refractivity contribution in [3.63, 3.8) is 0 Å². The number of rotatable bonds is 6. The number of benzene rings is 1. The Morgan fingerprint density at radius 1 is 1.00 bits per heavy atom. The second kappa shape index (κ2) is 7.34. The summed E-state index contributed by atoms with van der Waals surface area (Å²) in [6, 6.07) is 5.67. The van der Waals surface area contributed by atoms with E-state index < -0.39 is 5.97 Å². The first-order chi connectivity index (χ1) is 11.3. The van der Waals surface area contributed by atoms with Crippen molar-refractivity contribution in [1.29, 1.82) is 0 Å². The molecule has 5 heteroatoms. The van der Waals surface area contributed by atoms with Crippen molar-refractivity contribution in [3.05, 3.63) is 51.8 Å². The number of esters is 1. The lowest BCUT2D eigenvalue weighted by Crippen LogP contribution is -2.17. The Hall–Kier alpha value is -2.56. The van der Waals surface area contributed by atoms with Gasteiger partial charge in [-0.1, -0.05) is 6.07 Å². The van der Waals surface area contributed by atoms with Crippen LogP contribution < -0.4 is 4.74 Å². The van der Waals surface area contributed by atoms with Crippen LogP contribution in [0.4, 0.5) is 0 Å². The van der Waals surface area contributed by atoms with E-state index in [1.165, 1.54) is 0 Å². The molecular formula is C19H23NO4. The van der Waals surface area contributed by atoms with Crippen molar-refractivity contribution in [2.75, 3.05) is 13.2 Å². The van der Waals surface area contributed by atoms with Crippen molar-refractivity contribution in [2.24, 2.45) is 0 Å². The molecule has 0 bridgehead atoms. The standard InChI is InChI=1S/C19H23NO4/c1-6-23-19(22)18-14(5)20-13(4)17(18)16(21)10-24-15-8-7-11(2)12(3)9-15/h7-9,20H,6,10H2,1-5H3. The first kappa shape index (κ1) is 17.8. The fraction of sp³-hybridized carbons (Fsp3) is 0.368. The minimum atomic E-state index is -0.492. The van der Waals surface area contributed by atoms with Crippen LogP contribution in [-0.4, -0.2) is 30.0 Å². The van der Waals surface area contributed by atoms with Crippen LogP contribution in [0, 0.1) is 27.7 Å². The predicted octanol–water partition coefficient (Wildman–Crippen LogP) is 3.69. The maximum absolute atomic E-state index is 12.6. The fourth-order valence-electron chi connectivity index (χ4n) is 2.61. The Kier molecular flexibility index (Phi) is 5.44. The Morgan fingerprint density at radius 3 is 2.29 bits per heavy atom. The number of ether oxygens (including phenoxy) is 2. The van der Waals surface area contributed by atoms with Gasteiger partial charge in [0.2, 0.25) is 5.78 Å². The number of aryl methyl sites for hydroxylation is 4. The first-order valence-electron chi connectivity index (χ1n) is 7.94. The van der Waals surface area contributed by atoms with E-state index in [0.717, 1.165) is 11.1 Å². The summed E-state index contributed by atoms with van der Waals surface area (Å²) in [4.78, 5) is 27.7. The van der Waals surface area contributed by atoms with Crippen molar-refractivity contribution in [2.45, 2.75) is 34.6 Å². The number of hydrogen-bond acceptors (Lipinski definition) is 4. The van der Waals surface area contributed by atoms with Crippen molar-refractivity contribution >= 4 is 11.8 Å². The summed E-state index contributed by atoms with van der Waals surface area (Å²) in [7, 11) is 0. The molecule has 0 atom stereocenters. The zero-order valence-electron chi connectivity index (χ0n) is 14.8. The minimum Gasteiger partial charge on any atom is -0.485 e. The Labute approximate surface area is 142 Å². The number of H-pyrrole nitrogens is 1. The number of carbonyl (C=O) groups is 2. The molecule has 2 aromatic rings. The number of ketones is 1. The van der Waals surface area contributed by atoms with Gasteiger partial charge in [0, 0.05) is 11.4 Å². The Bertz CT molecular complexity index is 774. The van der Waals surface area contributed by atoms with E-state index in [0.29, 0.717) is 28.3 Å². The summed E-state index contributed by atoms with van der Waals surface area (Å²) in [5.41, 5.74) is 4.17. The molecule has 0 aliphatic carbocycles. The molecule has 1 aromatic heterocycles. The van der Waals surface area contributed by atoms with E-state index in [1.54, 1.807) is 20.8 Å². The zero-order chi connectivity index (χ0) is 17.9. The van der Waals surface area contributed by atoms with Crippen LogP contribution in [0.3, 0.4) is 0 Å². The van der Waals surface area contributed by atoms with Gasteiger partial charge in [-0.3, -0.25) is 4.79 Å². The summed E-state index contributed by atoms with van der Waals surface area (Å²) in [5.74, 6) is -0.110. The molecule has 24 heavy (non-hydrogen) atoms. The third-order valence-electron chi connectivity index (χ3n) is 3.98. The summed E-state index contributed by atoms with van der Waals surface area (Å²) in [6.45, 7) is 9.38. The number of nitrogens with one attached hydrogen (secondary N) is 1. The monoisotopic (exact) mass is 329 g/mol. The average Bonchev–Trinajstić information content (AvgIpc) is 2.83. The molecular weight excluding hydrogens is 306 g/mol. The zero-order valence-corrected chi connectivity index (χ0v) is 14.8. The highest BCUT2D eigenvalue weighted by Gasteiger charge is 2.25. The quantitative estimate of drug-likeness (QED) is 0.648. The molecule has 2 rings (SSSR count). The summed E-state index contributed by atoms with van der Waals surface area (Å²) < 4.78 is 10.7. The molecule has 0 unspecified atom stereocenters. The highest BCUT2D eigenvalue weighted by atomic mass is 16.5. The topological polar surface area (TPSA) is 68.4 Å². The SMILES string of the molecule is CCOC(=O)c1c(C)[nH]c(C)c1C(=O)COc1ccc(C)c(C)c1. The van der Waals surface area contributed by atoms with Gasteiger partial charge in [0.1, 0.15) is 5.75 Å². The average molecular weight is 329 g/mol. The molecule has 1 heterocycles. The third kappa shape index (κ3) is 3.67. The van der Waals surface area contributed by atoms with Crippen LogP contribution in [-0.2, 0) is 4.74 Å². The van der Waals surface area contributed by atoms with Crippen molar-refractivity contribution in [3.8, 4) is 5.75 Å². The lowest BCUT2D eigenvalue weighted by molar-refractivity contribution is 0.0522. The van der Waals surface area contributed by atoms with Gasteiger partial charge in [-0.2, -0.15) is 0 Å². The van der Waals surface area contributed by atoms with E-state index >= 15 is 0 Å². The molecule has 1 N–H and O–H groups in total. The van der Waals surface area contributed by atoms with Crippen molar-refractivity contribution in [1.82, 2.24) is 4.98 Å². The Balaban J connectivity index is 2.20. The van der Waals surface area contributed by atoms with Gasteiger partial charge in [-0.05, 0) is 57.9 Å². The van der Waals surface area contributed by atoms with Gasteiger partial charge in [0.15, 0.2) is 6.61 Å². The van der Waals surface area contributed by atoms with Crippen molar-refractivity contribution < 1.29 is 19.1 Å². The molecule has 0 saturated heterocycles.